The second-order valence-corrected chi connectivity index (χ2v) is 5.72. The molecule has 1 amide bonds. The summed E-state index contributed by atoms with van der Waals surface area (Å²) in [6, 6.07) is 0. The predicted octanol–water partition coefficient (Wildman–Crippen LogP) is 0.00430. The molecular formula is C8H19N3OS2. The second kappa shape index (κ2) is 9.64. The summed E-state index contributed by atoms with van der Waals surface area (Å²) < 4.78 is 0. The standard InChI is InChI=1S/C8H19N3OS2/c1-11(2)7-8(12)10-4-6-14-13-5-3-9/h3-7,9H2,1-2H3,(H,10,12). The maximum atomic E-state index is 11.2. The van der Waals surface area contributed by atoms with Crippen molar-refractivity contribution >= 4 is 27.5 Å². The normalized spacial score (nSPS) is 10.6. The summed E-state index contributed by atoms with van der Waals surface area (Å²) in [7, 11) is 7.26. The van der Waals surface area contributed by atoms with Crippen molar-refractivity contribution in [2.24, 2.45) is 5.73 Å². The van der Waals surface area contributed by atoms with Crippen LogP contribution in [0.1, 0.15) is 0 Å². The van der Waals surface area contributed by atoms with Crippen LogP contribution >= 0.6 is 21.6 Å². The minimum atomic E-state index is 0.0828. The van der Waals surface area contributed by atoms with Crippen molar-refractivity contribution < 1.29 is 4.79 Å². The van der Waals surface area contributed by atoms with Gasteiger partial charge in [-0.1, -0.05) is 21.6 Å². The molecule has 0 spiro atoms. The first-order valence-corrected chi connectivity index (χ1v) is 7.01. The van der Waals surface area contributed by atoms with Crippen LogP contribution in [-0.4, -0.2) is 56.0 Å². The highest BCUT2D eigenvalue weighted by Gasteiger charge is 2.00. The van der Waals surface area contributed by atoms with Crippen LogP contribution in [0.15, 0.2) is 0 Å². The smallest absolute Gasteiger partial charge is 0.234 e. The Labute approximate surface area is 93.8 Å². The molecule has 4 nitrogen and oxygen atoms in total. The Morgan fingerprint density at radius 1 is 1.36 bits per heavy atom. The Balaban J connectivity index is 3.15. The number of nitrogens with one attached hydrogen (secondary N) is 1. The first-order chi connectivity index (χ1) is 6.66. The monoisotopic (exact) mass is 237 g/mol. The number of carbonyl (C=O) groups excluding carboxylic acids is 1. The SMILES string of the molecule is CN(C)CC(=O)NCCSSCCN. The number of hydrogen-bond donors (Lipinski definition) is 2. The summed E-state index contributed by atoms with van der Waals surface area (Å²) >= 11 is 0. The van der Waals surface area contributed by atoms with Crippen LogP contribution in [0.3, 0.4) is 0 Å². The molecule has 0 unspecified atom stereocenters. The van der Waals surface area contributed by atoms with Crippen molar-refractivity contribution in [3.05, 3.63) is 0 Å². The fourth-order valence-electron chi connectivity index (χ4n) is 0.741. The number of hydrogen-bond acceptors (Lipinski definition) is 5. The molecule has 0 saturated carbocycles. The van der Waals surface area contributed by atoms with E-state index < -0.39 is 0 Å². The molecule has 0 fully saturated rings. The van der Waals surface area contributed by atoms with E-state index in [2.05, 4.69) is 5.32 Å². The van der Waals surface area contributed by atoms with Gasteiger partial charge in [0.1, 0.15) is 0 Å². The zero-order valence-corrected chi connectivity index (χ0v) is 10.4. The van der Waals surface area contributed by atoms with Crippen LogP contribution in [0.5, 0.6) is 0 Å². The molecule has 0 aromatic carbocycles. The minimum Gasteiger partial charge on any atom is -0.354 e. The van der Waals surface area contributed by atoms with Crippen LogP contribution in [0.2, 0.25) is 0 Å². The fraction of sp³-hybridized carbons (Fsp3) is 0.875. The van der Waals surface area contributed by atoms with Crippen molar-refractivity contribution in [1.82, 2.24) is 10.2 Å². The van der Waals surface area contributed by atoms with Crippen LogP contribution < -0.4 is 11.1 Å². The van der Waals surface area contributed by atoms with Gasteiger partial charge in [-0.15, -0.1) is 0 Å². The summed E-state index contributed by atoms with van der Waals surface area (Å²) in [6.45, 7) is 1.90. The van der Waals surface area contributed by atoms with Crippen molar-refractivity contribution in [3.8, 4) is 0 Å². The number of amides is 1. The topological polar surface area (TPSA) is 58.4 Å². The lowest BCUT2D eigenvalue weighted by molar-refractivity contribution is -0.121. The quantitative estimate of drug-likeness (QED) is 0.460. The highest BCUT2D eigenvalue weighted by atomic mass is 33.1. The third kappa shape index (κ3) is 10.2. The molecule has 0 aliphatic carbocycles. The maximum Gasteiger partial charge on any atom is 0.234 e. The van der Waals surface area contributed by atoms with Gasteiger partial charge in [-0.3, -0.25) is 4.79 Å². The molecule has 6 heteroatoms. The molecule has 0 bridgehead atoms. The van der Waals surface area contributed by atoms with Gasteiger partial charge in [0.25, 0.3) is 0 Å². The van der Waals surface area contributed by atoms with Gasteiger partial charge in [-0.05, 0) is 14.1 Å². The molecule has 0 heterocycles. The molecule has 0 rings (SSSR count). The average Bonchev–Trinajstić information content (AvgIpc) is 2.10. The Bertz CT molecular complexity index is 156. The van der Waals surface area contributed by atoms with E-state index in [-0.39, 0.29) is 5.91 Å². The molecule has 0 radical (unpaired) electrons. The molecule has 84 valence electrons. The van der Waals surface area contributed by atoms with Crippen molar-refractivity contribution in [3.63, 3.8) is 0 Å². The van der Waals surface area contributed by atoms with E-state index >= 15 is 0 Å². The number of nitrogens with two attached hydrogens (primary N) is 1. The van der Waals surface area contributed by atoms with Gasteiger partial charge in [-0.2, -0.15) is 0 Å². The Kier molecular flexibility index (Phi) is 9.70. The summed E-state index contributed by atoms with van der Waals surface area (Å²) in [5.74, 6) is 1.99. The number of rotatable bonds is 8. The Hall–Kier alpha value is 0.0900. The number of likely N-dealkylation sites (N-methyl/N-ethyl adjacent to an activating group) is 1. The highest BCUT2D eigenvalue weighted by molar-refractivity contribution is 8.76. The predicted molar refractivity (Wildman–Crippen MR) is 65.5 cm³/mol. The minimum absolute atomic E-state index is 0.0828. The third-order valence-corrected chi connectivity index (χ3v) is 3.69. The summed E-state index contributed by atoms with van der Waals surface area (Å²) in [6.07, 6.45) is 0. The lowest BCUT2D eigenvalue weighted by Gasteiger charge is -2.09. The van der Waals surface area contributed by atoms with Gasteiger partial charge in [0, 0.05) is 24.6 Å². The Morgan fingerprint density at radius 3 is 2.57 bits per heavy atom. The summed E-state index contributed by atoms with van der Waals surface area (Å²) in [5.41, 5.74) is 5.34. The van der Waals surface area contributed by atoms with Crippen molar-refractivity contribution in [1.29, 1.82) is 0 Å². The van der Waals surface area contributed by atoms with E-state index in [1.807, 2.05) is 19.0 Å². The van der Waals surface area contributed by atoms with Gasteiger partial charge in [-0.25, -0.2) is 0 Å². The molecule has 0 aliphatic heterocycles. The van der Waals surface area contributed by atoms with E-state index in [9.17, 15) is 4.79 Å². The molecule has 0 saturated heterocycles. The van der Waals surface area contributed by atoms with Crippen molar-refractivity contribution in [2.75, 3.05) is 45.2 Å². The lowest BCUT2D eigenvalue weighted by atomic mass is 10.5. The van der Waals surface area contributed by atoms with Crippen LogP contribution in [-0.2, 0) is 4.79 Å². The molecule has 3 N–H and O–H groups in total. The van der Waals surface area contributed by atoms with E-state index in [1.165, 1.54) is 0 Å². The van der Waals surface area contributed by atoms with Gasteiger partial charge in [0.2, 0.25) is 5.91 Å². The van der Waals surface area contributed by atoms with Gasteiger partial charge in [0.15, 0.2) is 0 Å². The van der Waals surface area contributed by atoms with Crippen LogP contribution in [0.25, 0.3) is 0 Å². The number of carbonyl (C=O) groups is 1. The maximum absolute atomic E-state index is 11.2. The Morgan fingerprint density at radius 2 is 2.00 bits per heavy atom. The van der Waals surface area contributed by atoms with E-state index in [1.54, 1.807) is 21.6 Å². The largest absolute Gasteiger partial charge is 0.354 e. The molecule has 14 heavy (non-hydrogen) atoms. The van der Waals surface area contributed by atoms with E-state index in [0.717, 1.165) is 18.1 Å². The summed E-state index contributed by atoms with van der Waals surface area (Å²) in [5, 5.41) is 2.84. The van der Waals surface area contributed by atoms with Crippen LogP contribution in [0.4, 0.5) is 0 Å². The molecular weight excluding hydrogens is 218 g/mol. The number of nitrogens with zero attached hydrogens (tertiary/aromatic N) is 1. The average molecular weight is 237 g/mol. The van der Waals surface area contributed by atoms with Gasteiger partial charge in [0.05, 0.1) is 6.54 Å². The highest BCUT2D eigenvalue weighted by Crippen LogP contribution is 2.18. The van der Waals surface area contributed by atoms with E-state index in [4.69, 9.17) is 5.73 Å². The summed E-state index contributed by atoms with van der Waals surface area (Å²) in [4.78, 5) is 13.0. The zero-order chi connectivity index (χ0) is 10.8. The van der Waals surface area contributed by atoms with E-state index in [0.29, 0.717) is 13.1 Å². The molecule has 0 aromatic heterocycles. The van der Waals surface area contributed by atoms with Gasteiger partial charge >= 0.3 is 0 Å². The van der Waals surface area contributed by atoms with Gasteiger partial charge < -0.3 is 16.0 Å². The lowest BCUT2D eigenvalue weighted by Crippen LogP contribution is -2.34. The fourth-order valence-corrected chi connectivity index (χ4v) is 2.50. The van der Waals surface area contributed by atoms with Crippen LogP contribution in [0, 0.1) is 0 Å². The zero-order valence-electron chi connectivity index (χ0n) is 8.78. The first kappa shape index (κ1) is 14.1. The molecule has 0 atom stereocenters. The molecule has 0 aliphatic rings. The second-order valence-electron chi connectivity index (χ2n) is 3.02. The first-order valence-electron chi connectivity index (χ1n) is 4.52. The molecule has 0 aromatic rings. The third-order valence-electron chi connectivity index (χ3n) is 1.25. The van der Waals surface area contributed by atoms with Crippen molar-refractivity contribution in [2.45, 2.75) is 0 Å².